The quantitative estimate of drug-likeness (QED) is 0.848. The predicted octanol–water partition coefficient (Wildman–Crippen LogP) is 3.36. The van der Waals surface area contributed by atoms with Gasteiger partial charge in [0.05, 0.1) is 12.5 Å². The number of nitrogens with one attached hydrogen (secondary N) is 2. The summed E-state index contributed by atoms with van der Waals surface area (Å²) in [7, 11) is 0. The fourth-order valence-corrected chi connectivity index (χ4v) is 3.33. The first-order chi connectivity index (χ1) is 13.0. The van der Waals surface area contributed by atoms with E-state index in [2.05, 4.69) is 10.6 Å². The van der Waals surface area contributed by atoms with E-state index in [1.54, 1.807) is 24.3 Å². The van der Waals surface area contributed by atoms with E-state index in [0.717, 1.165) is 12.0 Å². The summed E-state index contributed by atoms with van der Waals surface area (Å²) < 4.78 is 19.6. The highest BCUT2D eigenvalue weighted by Gasteiger charge is 2.26. The molecule has 2 amide bonds. The predicted molar refractivity (Wildman–Crippen MR) is 101 cm³/mol. The van der Waals surface area contributed by atoms with Crippen LogP contribution in [0.5, 0.6) is 0 Å². The Morgan fingerprint density at radius 2 is 1.89 bits per heavy atom. The third-order valence-electron chi connectivity index (χ3n) is 4.58. The van der Waals surface area contributed by atoms with Crippen molar-refractivity contribution >= 4 is 17.5 Å². The molecule has 5 nitrogen and oxygen atoms in total. The third-order valence-corrected chi connectivity index (χ3v) is 4.58. The summed E-state index contributed by atoms with van der Waals surface area (Å²) in [5.74, 6) is -0.747. The molecule has 27 heavy (non-hydrogen) atoms. The van der Waals surface area contributed by atoms with Crippen LogP contribution >= 0.6 is 0 Å². The first-order valence-electron chi connectivity index (χ1n) is 9.04. The van der Waals surface area contributed by atoms with Gasteiger partial charge in [-0.2, -0.15) is 0 Å². The van der Waals surface area contributed by atoms with Gasteiger partial charge in [0.25, 0.3) is 0 Å². The standard InChI is InChI=1S/C21H23FN2O3/c1-14(25)23-16-10-11-27-20(13-16)17-7-3-5-9-19(17)24-21(26)12-15-6-2-4-8-18(15)22/h2-9,16,20H,10-13H2,1H3,(H,23,25)(H,24,26)/t16-,20+/m1/s1. The molecule has 0 spiro atoms. The topological polar surface area (TPSA) is 67.4 Å². The molecule has 3 rings (SSSR count). The highest BCUT2D eigenvalue weighted by atomic mass is 19.1. The van der Waals surface area contributed by atoms with Crippen LogP contribution in [0, 0.1) is 5.82 Å². The maximum Gasteiger partial charge on any atom is 0.228 e. The van der Waals surface area contributed by atoms with Crippen LogP contribution in [-0.2, 0) is 20.7 Å². The molecule has 2 aromatic carbocycles. The van der Waals surface area contributed by atoms with Crippen LogP contribution in [0.2, 0.25) is 0 Å². The van der Waals surface area contributed by atoms with Gasteiger partial charge in [0.1, 0.15) is 5.82 Å². The van der Waals surface area contributed by atoms with E-state index in [0.29, 0.717) is 24.3 Å². The second-order valence-corrected chi connectivity index (χ2v) is 6.68. The molecule has 1 aliphatic rings. The van der Waals surface area contributed by atoms with Gasteiger partial charge < -0.3 is 15.4 Å². The zero-order chi connectivity index (χ0) is 19.2. The van der Waals surface area contributed by atoms with Crippen LogP contribution in [0.4, 0.5) is 10.1 Å². The van der Waals surface area contributed by atoms with Crippen LogP contribution < -0.4 is 10.6 Å². The van der Waals surface area contributed by atoms with Crippen molar-refractivity contribution in [2.24, 2.45) is 0 Å². The van der Waals surface area contributed by atoms with Crippen molar-refractivity contribution in [2.45, 2.75) is 38.3 Å². The Labute approximate surface area is 157 Å². The summed E-state index contributed by atoms with van der Waals surface area (Å²) in [5.41, 5.74) is 1.86. The van der Waals surface area contributed by atoms with E-state index in [-0.39, 0.29) is 30.4 Å². The first-order valence-corrected chi connectivity index (χ1v) is 9.04. The molecule has 6 heteroatoms. The normalized spacial score (nSPS) is 19.3. The number of benzene rings is 2. The molecule has 2 N–H and O–H groups in total. The lowest BCUT2D eigenvalue weighted by Crippen LogP contribution is -2.38. The number of para-hydroxylation sites is 1. The largest absolute Gasteiger partial charge is 0.373 e. The Bertz CT molecular complexity index is 825. The SMILES string of the molecule is CC(=O)N[C@@H]1CCO[C@H](c2ccccc2NC(=O)Cc2ccccc2F)C1. The van der Waals surface area contributed by atoms with Crippen LogP contribution in [0.1, 0.15) is 37.0 Å². The average molecular weight is 370 g/mol. The van der Waals surface area contributed by atoms with Gasteiger partial charge in [-0.3, -0.25) is 9.59 Å². The molecular weight excluding hydrogens is 347 g/mol. The van der Waals surface area contributed by atoms with Gasteiger partial charge in [0.15, 0.2) is 0 Å². The smallest absolute Gasteiger partial charge is 0.228 e. The Morgan fingerprint density at radius 3 is 2.67 bits per heavy atom. The molecule has 1 fully saturated rings. The highest BCUT2D eigenvalue weighted by molar-refractivity contribution is 5.93. The molecule has 1 saturated heterocycles. The number of carbonyl (C=O) groups is 2. The summed E-state index contributed by atoms with van der Waals surface area (Å²) in [6.45, 7) is 2.04. The number of hydrogen-bond donors (Lipinski definition) is 2. The zero-order valence-electron chi connectivity index (χ0n) is 15.2. The van der Waals surface area contributed by atoms with Gasteiger partial charge in [-0.1, -0.05) is 36.4 Å². The van der Waals surface area contributed by atoms with Gasteiger partial charge >= 0.3 is 0 Å². The molecule has 1 aliphatic heterocycles. The monoisotopic (exact) mass is 370 g/mol. The summed E-state index contributed by atoms with van der Waals surface area (Å²) in [6, 6.07) is 13.7. The van der Waals surface area contributed by atoms with Gasteiger partial charge in [-0.25, -0.2) is 4.39 Å². The molecule has 1 heterocycles. The van der Waals surface area contributed by atoms with Crippen molar-refractivity contribution in [3.05, 3.63) is 65.5 Å². The van der Waals surface area contributed by atoms with E-state index >= 15 is 0 Å². The molecule has 0 bridgehead atoms. The molecule has 0 radical (unpaired) electrons. The third kappa shape index (κ3) is 5.14. The van der Waals surface area contributed by atoms with Gasteiger partial charge in [0, 0.05) is 30.8 Å². The van der Waals surface area contributed by atoms with Crippen molar-refractivity contribution < 1.29 is 18.7 Å². The second-order valence-electron chi connectivity index (χ2n) is 6.68. The van der Waals surface area contributed by atoms with Crippen molar-refractivity contribution in [3.63, 3.8) is 0 Å². The number of anilines is 1. The summed E-state index contributed by atoms with van der Waals surface area (Å²) in [6.07, 6.45) is 1.14. The van der Waals surface area contributed by atoms with Gasteiger partial charge in [-0.05, 0) is 30.5 Å². The molecule has 0 unspecified atom stereocenters. The molecular formula is C21H23FN2O3. The number of hydrogen-bond acceptors (Lipinski definition) is 3. The van der Waals surface area contributed by atoms with Gasteiger partial charge in [-0.15, -0.1) is 0 Å². The maximum absolute atomic E-state index is 13.8. The van der Waals surface area contributed by atoms with E-state index in [1.807, 2.05) is 18.2 Å². The first kappa shape index (κ1) is 19.0. The highest BCUT2D eigenvalue weighted by Crippen LogP contribution is 2.33. The van der Waals surface area contributed by atoms with E-state index in [9.17, 15) is 14.0 Å². The lowest BCUT2D eigenvalue weighted by molar-refractivity contribution is -0.120. The minimum absolute atomic E-state index is 0.0406. The van der Waals surface area contributed by atoms with Crippen molar-refractivity contribution in [2.75, 3.05) is 11.9 Å². The van der Waals surface area contributed by atoms with Gasteiger partial charge in [0.2, 0.25) is 11.8 Å². The van der Waals surface area contributed by atoms with Crippen LogP contribution in [0.15, 0.2) is 48.5 Å². The summed E-state index contributed by atoms with van der Waals surface area (Å²) in [4.78, 5) is 23.7. The molecule has 0 aromatic heterocycles. The second kappa shape index (κ2) is 8.77. The van der Waals surface area contributed by atoms with Crippen molar-refractivity contribution in [1.82, 2.24) is 5.32 Å². The molecule has 2 atom stereocenters. The molecule has 2 aromatic rings. The fraction of sp³-hybridized carbons (Fsp3) is 0.333. The number of halogens is 1. The van der Waals surface area contributed by atoms with E-state index < -0.39 is 5.82 Å². The average Bonchev–Trinajstić information content (AvgIpc) is 2.64. The molecule has 0 saturated carbocycles. The van der Waals surface area contributed by atoms with Crippen LogP contribution in [0.3, 0.4) is 0 Å². The van der Waals surface area contributed by atoms with Crippen molar-refractivity contribution in [1.29, 1.82) is 0 Å². The Hall–Kier alpha value is -2.73. The molecule has 0 aliphatic carbocycles. The minimum Gasteiger partial charge on any atom is -0.373 e. The fourth-order valence-electron chi connectivity index (χ4n) is 3.33. The summed E-state index contributed by atoms with van der Waals surface area (Å²) in [5, 5.41) is 5.80. The summed E-state index contributed by atoms with van der Waals surface area (Å²) >= 11 is 0. The maximum atomic E-state index is 13.8. The number of rotatable bonds is 5. The van der Waals surface area contributed by atoms with Crippen LogP contribution in [-0.4, -0.2) is 24.5 Å². The number of amides is 2. The van der Waals surface area contributed by atoms with Crippen molar-refractivity contribution in [3.8, 4) is 0 Å². The lowest BCUT2D eigenvalue weighted by Gasteiger charge is -2.31. The van der Waals surface area contributed by atoms with Crippen LogP contribution in [0.25, 0.3) is 0 Å². The molecule has 142 valence electrons. The Morgan fingerprint density at radius 1 is 1.15 bits per heavy atom. The lowest BCUT2D eigenvalue weighted by atomic mass is 9.96. The minimum atomic E-state index is -0.394. The Balaban J connectivity index is 1.71. The van der Waals surface area contributed by atoms with E-state index in [1.165, 1.54) is 13.0 Å². The zero-order valence-corrected chi connectivity index (χ0v) is 15.2. The number of carbonyl (C=O) groups excluding carboxylic acids is 2. The number of ether oxygens (including phenoxy) is 1. The Kier molecular flexibility index (Phi) is 6.19. The van der Waals surface area contributed by atoms with E-state index in [4.69, 9.17) is 4.74 Å².